The molecule has 0 amide bonds. The maximum atomic E-state index is 13.2. The second-order valence-corrected chi connectivity index (χ2v) is 7.13. The van der Waals surface area contributed by atoms with Crippen LogP contribution >= 0.6 is 0 Å². The van der Waals surface area contributed by atoms with Gasteiger partial charge in [-0.05, 0) is 56.2 Å². The summed E-state index contributed by atoms with van der Waals surface area (Å²) in [5, 5.41) is 13.7. The van der Waals surface area contributed by atoms with Crippen molar-refractivity contribution in [1.82, 2.24) is 5.32 Å². The summed E-state index contributed by atoms with van der Waals surface area (Å²) in [7, 11) is 0. The molecular formula is C18H28FNO. The number of aliphatic hydroxyl groups excluding tert-OH is 1. The van der Waals surface area contributed by atoms with Gasteiger partial charge in [-0.3, -0.25) is 0 Å². The van der Waals surface area contributed by atoms with Gasteiger partial charge in [0.2, 0.25) is 0 Å². The van der Waals surface area contributed by atoms with E-state index in [9.17, 15) is 9.50 Å². The highest BCUT2D eigenvalue weighted by Crippen LogP contribution is 2.35. The number of aliphatic hydroxyl groups is 1. The Balaban J connectivity index is 1.89. The van der Waals surface area contributed by atoms with Crippen molar-refractivity contribution in [3.05, 3.63) is 35.6 Å². The lowest BCUT2D eigenvalue weighted by Crippen LogP contribution is -2.48. The Kier molecular flexibility index (Phi) is 5.39. The Bertz CT molecular complexity index is 452. The zero-order valence-electron chi connectivity index (χ0n) is 13.4. The zero-order valence-corrected chi connectivity index (χ0v) is 13.4. The van der Waals surface area contributed by atoms with Gasteiger partial charge in [0, 0.05) is 12.1 Å². The van der Waals surface area contributed by atoms with Gasteiger partial charge in [-0.15, -0.1) is 0 Å². The quantitative estimate of drug-likeness (QED) is 0.858. The van der Waals surface area contributed by atoms with E-state index in [-0.39, 0.29) is 11.4 Å². The number of hydrogen-bond acceptors (Lipinski definition) is 2. The number of benzene rings is 1. The molecule has 0 aromatic heterocycles. The maximum Gasteiger partial charge on any atom is 0.123 e. The summed E-state index contributed by atoms with van der Waals surface area (Å²) < 4.78 is 13.2. The first-order chi connectivity index (χ1) is 9.88. The monoisotopic (exact) mass is 293 g/mol. The van der Waals surface area contributed by atoms with Crippen LogP contribution in [0.15, 0.2) is 24.3 Å². The molecule has 2 N–H and O–H groups in total. The topological polar surface area (TPSA) is 32.3 Å². The third-order valence-electron chi connectivity index (χ3n) is 5.02. The number of halogens is 1. The minimum atomic E-state index is -0.664. The third-order valence-corrected chi connectivity index (χ3v) is 5.02. The Morgan fingerprint density at radius 2 is 1.95 bits per heavy atom. The molecule has 0 heterocycles. The molecule has 1 fully saturated rings. The molecule has 1 aromatic carbocycles. The molecule has 0 spiro atoms. The summed E-state index contributed by atoms with van der Waals surface area (Å²) >= 11 is 0. The molecular weight excluding hydrogens is 265 g/mol. The molecule has 1 atom stereocenters. The van der Waals surface area contributed by atoms with Crippen molar-refractivity contribution in [3.63, 3.8) is 0 Å². The molecule has 1 saturated carbocycles. The fourth-order valence-corrected chi connectivity index (χ4v) is 3.32. The summed E-state index contributed by atoms with van der Waals surface area (Å²) in [4.78, 5) is 0. The van der Waals surface area contributed by atoms with E-state index in [4.69, 9.17) is 0 Å². The third kappa shape index (κ3) is 4.52. The van der Waals surface area contributed by atoms with Crippen LogP contribution in [0, 0.1) is 17.7 Å². The van der Waals surface area contributed by atoms with Crippen molar-refractivity contribution in [3.8, 4) is 0 Å². The van der Waals surface area contributed by atoms with E-state index >= 15 is 0 Å². The van der Waals surface area contributed by atoms with E-state index in [1.165, 1.54) is 37.8 Å². The van der Waals surface area contributed by atoms with Crippen LogP contribution in [-0.2, 0) is 0 Å². The van der Waals surface area contributed by atoms with Crippen molar-refractivity contribution in [1.29, 1.82) is 0 Å². The highest BCUT2D eigenvalue weighted by molar-refractivity contribution is 5.19. The second kappa shape index (κ2) is 6.89. The highest BCUT2D eigenvalue weighted by Gasteiger charge is 2.32. The molecule has 0 saturated heterocycles. The van der Waals surface area contributed by atoms with Gasteiger partial charge in [0.25, 0.3) is 0 Å². The number of rotatable bonds is 5. The van der Waals surface area contributed by atoms with Crippen molar-refractivity contribution >= 4 is 0 Å². The fourth-order valence-electron chi connectivity index (χ4n) is 3.32. The van der Waals surface area contributed by atoms with Gasteiger partial charge in [-0.25, -0.2) is 4.39 Å². The summed E-state index contributed by atoms with van der Waals surface area (Å²) in [5.41, 5.74) is 0.643. The second-order valence-electron chi connectivity index (χ2n) is 7.13. The van der Waals surface area contributed by atoms with Crippen LogP contribution in [0.2, 0.25) is 0 Å². The molecule has 2 nitrogen and oxygen atoms in total. The highest BCUT2D eigenvalue weighted by atomic mass is 19.1. The first-order valence-corrected chi connectivity index (χ1v) is 8.07. The zero-order chi connectivity index (χ0) is 15.5. The minimum Gasteiger partial charge on any atom is -0.387 e. The average molecular weight is 293 g/mol. The first-order valence-electron chi connectivity index (χ1n) is 8.07. The van der Waals surface area contributed by atoms with E-state index in [1.807, 2.05) is 0 Å². The van der Waals surface area contributed by atoms with Crippen LogP contribution < -0.4 is 5.32 Å². The van der Waals surface area contributed by atoms with E-state index in [0.29, 0.717) is 18.0 Å². The van der Waals surface area contributed by atoms with Crippen LogP contribution in [0.4, 0.5) is 4.39 Å². The van der Waals surface area contributed by atoms with E-state index < -0.39 is 6.10 Å². The lowest BCUT2D eigenvalue weighted by atomic mass is 9.73. The summed E-state index contributed by atoms with van der Waals surface area (Å²) in [6.07, 6.45) is 4.42. The standard InChI is InChI=1S/C18H28FNO/c1-13-7-9-15(10-8-13)18(2,3)20-12-17(21)14-5-4-6-16(19)11-14/h4-6,11,13,15,17,20-21H,7-10,12H2,1-3H3/t13?,15?,17-/m0/s1. The molecule has 0 unspecified atom stereocenters. The van der Waals surface area contributed by atoms with Gasteiger partial charge in [0.1, 0.15) is 5.82 Å². The lowest BCUT2D eigenvalue weighted by molar-refractivity contribution is 0.125. The van der Waals surface area contributed by atoms with Gasteiger partial charge in [-0.2, -0.15) is 0 Å². The molecule has 3 heteroatoms. The summed E-state index contributed by atoms with van der Waals surface area (Å²) in [6.45, 7) is 7.21. The van der Waals surface area contributed by atoms with E-state index in [0.717, 1.165) is 5.92 Å². The van der Waals surface area contributed by atoms with Crippen molar-refractivity contribution in [2.75, 3.05) is 6.54 Å². The molecule has 21 heavy (non-hydrogen) atoms. The largest absolute Gasteiger partial charge is 0.387 e. The van der Waals surface area contributed by atoms with Gasteiger partial charge in [0.05, 0.1) is 6.10 Å². The Labute approximate surface area is 127 Å². The molecule has 1 aliphatic rings. The van der Waals surface area contributed by atoms with Crippen LogP contribution in [0.1, 0.15) is 58.1 Å². The molecule has 118 valence electrons. The lowest BCUT2D eigenvalue weighted by Gasteiger charge is -2.40. The predicted molar refractivity (Wildman–Crippen MR) is 84.6 cm³/mol. The number of β-amino-alcohol motifs (C(OH)–C–C–N with tert-alkyl or cyclic N) is 1. The molecule has 0 aliphatic heterocycles. The van der Waals surface area contributed by atoms with Crippen LogP contribution in [-0.4, -0.2) is 17.2 Å². The van der Waals surface area contributed by atoms with Crippen molar-refractivity contribution in [2.45, 2.75) is 58.1 Å². The van der Waals surface area contributed by atoms with Crippen LogP contribution in [0.5, 0.6) is 0 Å². The van der Waals surface area contributed by atoms with Crippen LogP contribution in [0.25, 0.3) is 0 Å². The van der Waals surface area contributed by atoms with E-state index in [1.54, 1.807) is 12.1 Å². The predicted octanol–water partition coefficient (Wildman–Crippen LogP) is 4.05. The number of nitrogens with one attached hydrogen (secondary N) is 1. The number of hydrogen-bond donors (Lipinski definition) is 2. The molecule has 0 bridgehead atoms. The SMILES string of the molecule is CC1CCC(C(C)(C)NC[C@H](O)c2cccc(F)c2)CC1. The Morgan fingerprint density at radius 3 is 2.57 bits per heavy atom. The molecule has 1 aliphatic carbocycles. The Hall–Kier alpha value is -0.930. The van der Waals surface area contributed by atoms with Gasteiger partial charge < -0.3 is 10.4 Å². The first kappa shape index (κ1) is 16.4. The molecule has 2 rings (SSSR count). The Morgan fingerprint density at radius 1 is 1.29 bits per heavy atom. The van der Waals surface area contributed by atoms with Crippen molar-refractivity contribution in [2.24, 2.45) is 11.8 Å². The maximum absolute atomic E-state index is 13.2. The van der Waals surface area contributed by atoms with Crippen LogP contribution in [0.3, 0.4) is 0 Å². The van der Waals surface area contributed by atoms with Gasteiger partial charge in [-0.1, -0.05) is 31.9 Å². The van der Waals surface area contributed by atoms with E-state index in [2.05, 4.69) is 26.1 Å². The minimum absolute atomic E-state index is 0.00838. The summed E-state index contributed by atoms with van der Waals surface area (Å²) in [6, 6.07) is 6.21. The smallest absolute Gasteiger partial charge is 0.123 e. The van der Waals surface area contributed by atoms with Gasteiger partial charge >= 0.3 is 0 Å². The summed E-state index contributed by atoms with van der Waals surface area (Å²) in [5.74, 6) is 1.19. The van der Waals surface area contributed by atoms with Gasteiger partial charge in [0.15, 0.2) is 0 Å². The normalized spacial score (nSPS) is 24.8. The average Bonchev–Trinajstić information content (AvgIpc) is 2.45. The fraction of sp³-hybridized carbons (Fsp3) is 0.667. The molecule has 1 aromatic rings. The van der Waals surface area contributed by atoms with Crippen molar-refractivity contribution < 1.29 is 9.50 Å². The molecule has 0 radical (unpaired) electrons.